The van der Waals surface area contributed by atoms with Crippen LogP contribution >= 0.6 is 0 Å². The molecule has 0 spiro atoms. The van der Waals surface area contributed by atoms with Gasteiger partial charge < -0.3 is 19.6 Å². The number of nitrogens with zero attached hydrogens (tertiary/aromatic N) is 2. The zero-order valence-electron chi connectivity index (χ0n) is 9.80. The van der Waals surface area contributed by atoms with E-state index in [9.17, 15) is 9.59 Å². The van der Waals surface area contributed by atoms with Crippen molar-refractivity contribution in [2.75, 3.05) is 39.4 Å². The second-order valence-electron chi connectivity index (χ2n) is 4.48. The summed E-state index contributed by atoms with van der Waals surface area (Å²) in [5, 5.41) is 8.88. The SMILES string of the molecule is O=C(O)C1CCN(C(=O)N2CCOCC2)CC1. The molecule has 6 heteroatoms. The van der Waals surface area contributed by atoms with Gasteiger partial charge >= 0.3 is 12.0 Å². The Morgan fingerprint density at radius 2 is 1.53 bits per heavy atom. The van der Waals surface area contributed by atoms with Gasteiger partial charge in [0.15, 0.2) is 0 Å². The number of carbonyl (C=O) groups is 2. The van der Waals surface area contributed by atoms with Crippen LogP contribution in [0.1, 0.15) is 12.8 Å². The first-order valence-corrected chi connectivity index (χ1v) is 6.03. The monoisotopic (exact) mass is 242 g/mol. The summed E-state index contributed by atoms with van der Waals surface area (Å²) in [7, 11) is 0. The molecular formula is C11H18N2O4. The Balaban J connectivity index is 1.83. The number of rotatable bonds is 1. The summed E-state index contributed by atoms with van der Waals surface area (Å²) in [6.07, 6.45) is 1.12. The molecule has 96 valence electrons. The molecule has 2 aliphatic rings. The Hall–Kier alpha value is -1.30. The lowest BCUT2D eigenvalue weighted by molar-refractivity contribution is -0.143. The molecule has 2 rings (SSSR count). The van der Waals surface area contributed by atoms with Crippen molar-refractivity contribution in [3.8, 4) is 0 Å². The number of carboxylic acid groups (broad SMARTS) is 1. The van der Waals surface area contributed by atoms with Crippen LogP contribution in [0.5, 0.6) is 0 Å². The number of amides is 2. The molecule has 2 fully saturated rings. The van der Waals surface area contributed by atoms with E-state index in [1.54, 1.807) is 9.80 Å². The van der Waals surface area contributed by atoms with Gasteiger partial charge in [0.1, 0.15) is 0 Å². The highest BCUT2D eigenvalue weighted by molar-refractivity contribution is 5.75. The third kappa shape index (κ3) is 2.88. The van der Waals surface area contributed by atoms with Crippen LogP contribution in [0.2, 0.25) is 0 Å². The number of hydrogen-bond donors (Lipinski definition) is 1. The van der Waals surface area contributed by atoms with Gasteiger partial charge in [-0.2, -0.15) is 0 Å². The van der Waals surface area contributed by atoms with Crippen molar-refractivity contribution in [2.24, 2.45) is 5.92 Å². The van der Waals surface area contributed by atoms with E-state index in [1.807, 2.05) is 0 Å². The minimum atomic E-state index is -0.747. The molecule has 0 radical (unpaired) electrons. The third-order valence-corrected chi connectivity index (χ3v) is 3.40. The Bertz CT molecular complexity index is 294. The van der Waals surface area contributed by atoms with E-state index < -0.39 is 5.97 Å². The van der Waals surface area contributed by atoms with Crippen molar-refractivity contribution in [1.82, 2.24) is 9.80 Å². The minimum absolute atomic E-state index is 0.0251. The van der Waals surface area contributed by atoms with Crippen LogP contribution in [0.15, 0.2) is 0 Å². The summed E-state index contributed by atoms with van der Waals surface area (Å²) in [6, 6.07) is 0.0251. The molecule has 0 unspecified atom stereocenters. The molecule has 0 aromatic carbocycles. The van der Waals surface area contributed by atoms with Crippen LogP contribution in [0.25, 0.3) is 0 Å². The fraction of sp³-hybridized carbons (Fsp3) is 0.818. The number of carboxylic acids is 1. The van der Waals surface area contributed by atoms with Gasteiger partial charge in [-0.1, -0.05) is 0 Å². The van der Waals surface area contributed by atoms with E-state index in [-0.39, 0.29) is 11.9 Å². The summed E-state index contributed by atoms with van der Waals surface area (Å²) in [6.45, 7) is 3.56. The highest BCUT2D eigenvalue weighted by Gasteiger charge is 2.29. The van der Waals surface area contributed by atoms with Crippen LogP contribution in [0, 0.1) is 5.92 Å². The Kier molecular flexibility index (Phi) is 3.83. The third-order valence-electron chi connectivity index (χ3n) is 3.40. The predicted octanol–water partition coefficient (Wildman–Crippen LogP) is 0.235. The zero-order chi connectivity index (χ0) is 12.3. The second-order valence-corrected chi connectivity index (χ2v) is 4.48. The minimum Gasteiger partial charge on any atom is -0.481 e. The van der Waals surface area contributed by atoms with Gasteiger partial charge in [0, 0.05) is 26.2 Å². The number of aliphatic carboxylic acids is 1. The molecule has 2 amide bonds. The first kappa shape index (κ1) is 12.2. The molecular weight excluding hydrogens is 224 g/mol. The van der Waals surface area contributed by atoms with Crippen LogP contribution in [-0.2, 0) is 9.53 Å². The van der Waals surface area contributed by atoms with E-state index >= 15 is 0 Å². The molecule has 0 saturated carbocycles. The summed E-state index contributed by atoms with van der Waals surface area (Å²) in [5.41, 5.74) is 0. The first-order chi connectivity index (χ1) is 8.18. The smallest absolute Gasteiger partial charge is 0.320 e. The van der Waals surface area contributed by atoms with Gasteiger partial charge in [-0.25, -0.2) is 4.79 Å². The highest BCUT2D eigenvalue weighted by Crippen LogP contribution is 2.18. The van der Waals surface area contributed by atoms with E-state index in [4.69, 9.17) is 9.84 Å². The van der Waals surface area contributed by atoms with Crippen LogP contribution < -0.4 is 0 Å². The summed E-state index contributed by atoms with van der Waals surface area (Å²) >= 11 is 0. The average molecular weight is 242 g/mol. The number of hydrogen-bond acceptors (Lipinski definition) is 3. The largest absolute Gasteiger partial charge is 0.481 e. The van der Waals surface area contributed by atoms with Crippen LogP contribution in [-0.4, -0.2) is 66.3 Å². The van der Waals surface area contributed by atoms with Crippen molar-refractivity contribution >= 4 is 12.0 Å². The van der Waals surface area contributed by atoms with Crippen LogP contribution in [0.4, 0.5) is 4.79 Å². The molecule has 0 aromatic rings. The maximum Gasteiger partial charge on any atom is 0.320 e. The number of morpholine rings is 1. The standard InChI is InChI=1S/C11H18N2O4/c14-10(15)9-1-3-12(4-2-9)11(16)13-5-7-17-8-6-13/h9H,1-8H2,(H,14,15). The first-order valence-electron chi connectivity index (χ1n) is 6.03. The number of ether oxygens (including phenoxy) is 1. The lowest BCUT2D eigenvalue weighted by atomic mass is 9.97. The summed E-state index contributed by atoms with van der Waals surface area (Å²) < 4.78 is 5.20. The molecule has 2 saturated heterocycles. The normalized spacial score (nSPS) is 22.6. The van der Waals surface area contributed by atoms with Crippen molar-refractivity contribution < 1.29 is 19.4 Å². The molecule has 2 aliphatic heterocycles. The fourth-order valence-corrected chi connectivity index (χ4v) is 2.27. The highest BCUT2D eigenvalue weighted by atomic mass is 16.5. The molecule has 17 heavy (non-hydrogen) atoms. The lowest BCUT2D eigenvalue weighted by Crippen LogP contribution is -2.50. The van der Waals surface area contributed by atoms with Crippen molar-refractivity contribution in [3.05, 3.63) is 0 Å². The molecule has 0 aliphatic carbocycles. The Morgan fingerprint density at radius 1 is 1.00 bits per heavy atom. The number of piperidine rings is 1. The number of likely N-dealkylation sites (tertiary alicyclic amines) is 1. The van der Waals surface area contributed by atoms with Gasteiger partial charge in [-0.3, -0.25) is 4.79 Å². The van der Waals surface area contributed by atoms with Crippen molar-refractivity contribution in [2.45, 2.75) is 12.8 Å². The molecule has 1 N–H and O–H groups in total. The lowest BCUT2D eigenvalue weighted by Gasteiger charge is -2.36. The average Bonchev–Trinajstić information content (AvgIpc) is 2.39. The Labute approximate surface area is 100 Å². The maximum absolute atomic E-state index is 12.1. The molecule has 0 atom stereocenters. The van der Waals surface area contributed by atoms with Gasteiger partial charge in [-0.05, 0) is 12.8 Å². The fourth-order valence-electron chi connectivity index (χ4n) is 2.27. The van der Waals surface area contributed by atoms with E-state index in [2.05, 4.69) is 0 Å². The van der Waals surface area contributed by atoms with E-state index in [0.29, 0.717) is 52.2 Å². The van der Waals surface area contributed by atoms with Crippen molar-refractivity contribution in [3.63, 3.8) is 0 Å². The second kappa shape index (κ2) is 5.35. The quantitative estimate of drug-likeness (QED) is 0.715. The van der Waals surface area contributed by atoms with Gasteiger partial charge in [-0.15, -0.1) is 0 Å². The summed E-state index contributed by atoms with van der Waals surface area (Å²) in [5.74, 6) is -1.03. The van der Waals surface area contributed by atoms with Gasteiger partial charge in [0.05, 0.1) is 19.1 Å². The zero-order valence-corrected chi connectivity index (χ0v) is 9.80. The van der Waals surface area contributed by atoms with Gasteiger partial charge in [0.2, 0.25) is 0 Å². The molecule has 0 bridgehead atoms. The maximum atomic E-state index is 12.1. The molecule has 2 heterocycles. The molecule has 6 nitrogen and oxygen atoms in total. The topological polar surface area (TPSA) is 70.1 Å². The van der Waals surface area contributed by atoms with Crippen molar-refractivity contribution in [1.29, 1.82) is 0 Å². The number of carbonyl (C=O) groups excluding carboxylic acids is 1. The van der Waals surface area contributed by atoms with Gasteiger partial charge in [0.25, 0.3) is 0 Å². The summed E-state index contributed by atoms with van der Waals surface area (Å²) in [4.78, 5) is 26.4. The Morgan fingerprint density at radius 3 is 2.06 bits per heavy atom. The number of urea groups is 1. The van der Waals surface area contributed by atoms with Crippen LogP contribution in [0.3, 0.4) is 0 Å². The molecule has 0 aromatic heterocycles. The van der Waals surface area contributed by atoms with E-state index in [0.717, 1.165) is 0 Å². The predicted molar refractivity (Wildman–Crippen MR) is 59.7 cm³/mol. The van der Waals surface area contributed by atoms with E-state index in [1.165, 1.54) is 0 Å².